The number of methoxy groups -OCH3 is 1. The van der Waals surface area contributed by atoms with Gasteiger partial charge < -0.3 is 14.3 Å². The Morgan fingerprint density at radius 3 is 3.00 bits per heavy atom. The van der Waals surface area contributed by atoms with Crippen LogP contribution in [0.15, 0.2) is 18.2 Å². The number of rotatable bonds is 2. The molecule has 0 aromatic heterocycles. The minimum atomic E-state index is -0.489. The van der Waals surface area contributed by atoms with E-state index in [0.717, 1.165) is 37.7 Å². The van der Waals surface area contributed by atoms with Crippen LogP contribution in [0, 0.1) is 5.92 Å². The Kier molecular flexibility index (Phi) is 3.64. The van der Waals surface area contributed by atoms with Gasteiger partial charge in [-0.05, 0) is 44.8 Å². The Labute approximate surface area is 141 Å². The lowest BCUT2D eigenvalue weighted by molar-refractivity contribution is -0.135. The fraction of sp³-hybridized carbons (Fsp3) is 0.579. The number of benzene rings is 1. The first-order valence-electron chi connectivity index (χ1n) is 8.66. The zero-order valence-corrected chi connectivity index (χ0v) is 14.2. The molecule has 0 bridgehead atoms. The number of para-hydroxylation sites is 1. The predicted molar refractivity (Wildman–Crippen MR) is 88.5 cm³/mol. The first-order valence-corrected chi connectivity index (χ1v) is 8.66. The number of hydrogen-bond donors (Lipinski definition) is 0. The zero-order valence-electron chi connectivity index (χ0n) is 14.2. The molecule has 0 radical (unpaired) electrons. The minimum absolute atomic E-state index is 0.0959. The number of hydrogen-bond acceptors (Lipinski definition) is 5. The molecule has 1 aromatic rings. The number of aldehydes is 1. The van der Waals surface area contributed by atoms with E-state index < -0.39 is 11.5 Å². The third kappa shape index (κ3) is 1.91. The minimum Gasteiger partial charge on any atom is -0.493 e. The van der Waals surface area contributed by atoms with E-state index >= 15 is 0 Å². The number of carbonyl (C=O) groups is 2. The highest BCUT2D eigenvalue weighted by molar-refractivity contribution is 5.89. The van der Waals surface area contributed by atoms with Gasteiger partial charge in [0.05, 0.1) is 13.2 Å². The molecule has 1 spiro atoms. The van der Waals surface area contributed by atoms with Gasteiger partial charge in [0.1, 0.15) is 6.29 Å². The van der Waals surface area contributed by atoms with Gasteiger partial charge in [0, 0.05) is 17.4 Å². The summed E-state index contributed by atoms with van der Waals surface area (Å²) in [6, 6.07) is 5.70. The third-order valence-corrected chi connectivity index (χ3v) is 6.22. The quantitative estimate of drug-likeness (QED) is 0.777. The number of likely N-dealkylation sites (N-methyl/N-ethyl adjacent to an activating group) is 1. The van der Waals surface area contributed by atoms with Crippen molar-refractivity contribution in [1.82, 2.24) is 4.90 Å². The van der Waals surface area contributed by atoms with Crippen LogP contribution < -0.4 is 9.47 Å². The second-order valence-corrected chi connectivity index (χ2v) is 7.20. The molecule has 1 aromatic carbocycles. The van der Waals surface area contributed by atoms with Crippen molar-refractivity contribution in [3.8, 4) is 11.5 Å². The first-order chi connectivity index (χ1) is 11.6. The molecule has 0 N–H and O–H groups in total. The summed E-state index contributed by atoms with van der Waals surface area (Å²) in [6.45, 7) is 0.863. The molecule has 1 saturated heterocycles. The van der Waals surface area contributed by atoms with Gasteiger partial charge in [-0.1, -0.05) is 12.1 Å². The average molecular weight is 329 g/mol. The van der Waals surface area contributed by atoms with Crippen LogP contribution in [0.4, 0.5) is 0 Å². The maximum atomic E-state index is 12.7. The largest absolute Gasteiger partial charge is 0.493 e. The van der Waals surface area contributed by atoms with Crippen molar-refractivity contribution in [2.24, 2.45) is 5.92 Å². The van der Waals surface area contributed by atoms with Gasteiger partial charge in [-0.3, -0.25) is 9.69 Å². The number of ether oxygens (including phenoxy) is 2. The van der Waals surface area contributed by atoms with Crippen molar-refractivity contribution in [3.63, 3.8) is 0 Å². The second-order valence-electron chi connectivity index (χ2n) is 7.20. The maximum absolute atomic E-state index is 12.7. The molecule has 128 valence electrons. The molecule has 5 nitrogen and oxygen atoms in total. The van der Waals surface area contributed by atoms with Gasteiger partial charge in [0.25, 0.3) is 0 Å². The normalized spacial score (nSPS) is 35.2. The van der Waals surface area contributed by atoms with Crippen LogP contribution in [0.3, 0.4) is 0 Å². The number of fused-ring (bicyclic) bond motifs is 1. The van der Waals surface area contributed by atoms with Crippen molar-refractivity contribution >= 4 is 12.1 Å². The standard InChI is InChI=1S/C19H23NO4/c1-20-10-4-9-19-12(14(20)11-21)7-8-15(22)18(19)24-17-13(19)5-3-6-16(17)23-2/h3,5-6,11-12,14,18H,4,7-10H2,1-2H3. The molecule has 2 fully saturated rings. The molecule has 1 saturated carbocycles. The van der Waals surface area contributed by atoms with E-state index in [-0.39, 0.29) is 17.7 Å². The van der Waals surface area contributed by atoms with E-state index in [0.29, 0.717) is 17.9 Å². The van der Waals surface area contributed by atoms with Gasteiger partial charge >= 0.3 is 0 Å². The Morgan fingerprint density at radius 1 is 1.42 bits per heavy atom. The topological polar surface area (TPSA) is 55.8 Å². The summed E-state index contributed by atoms with van der Waals surface area (Å²) >= 11 is 0. The summed E-state index contributed by atoms with van der Waals surface area (Å²) in [4.78, 5) is 26.7. The lowest BCUT2D eigenvalue weighted by Crippen LogP contribution is -2.57. The van der Waals surface area contributed by atoms with E-state index in [1.54, 1.807) is 7.11 Å². The molecule has 5 heteroatoms. The monoisotopic (exact) mass is 329 g/mol. The molecule has 0 amide bonds. The van der Waals surface area contributed by atoms with Crippen molar-refractivity contribution in [2.45, 2.75) is 43.2 Å². The lowest BCUT2D eigenvalue weighted by atomic mass is 9.58. The number of nitrogens with zero attached hydrogens (tertiary/aromatic N) is 1. The molecule has 1 aliphatic carbocycles. The fourth-order valence-corrected chi connectivity index (χ4v) is 5.17. The second kappa shape index (κ2) is 5.59. The third-order valence-electron chi connectivity index (χ3n) is 6.22. The van der Waals surface area contributed by atoms with E-state index in [4.69, 9.17) is 9.47 Å². The number of Topliss-reactive ketones (excluding diaryl/α,β-unsaturated/α-hetero) is 1. The van der Waals surface area contributed by atoms with Gasteiger partial charge in [-0.25, -0.2) is 0 Å². The molecule has 24 heavy (non-hydrogen) atoms. The van der Waals surface area contributed by atoms with Gasteiger partial charge in [-0.15, -0.1) is 0 Å². The zero-order chi connectivity index (χ0) is 16.9. The van der Waals surface area contributed by atoms with Crippen molar-refractivity contribution in [1.29, 1.82) is 0 Å². The van der Waals surface area contributed by atoms with Crippen molar-refractivity contribution < 1.29 is 19.1 Å². The highest BCUT2D eigenvalue weighted by Crippen LogP contribution is 2.58. The van der Waals surface area contributed by atoms with Crippen LogP contribution >= 0.6 is 0 Å². The molecule has 2 aliphatic heterocycles. The Balaban J connectivity index is 1.93. The highest BCUT2D eigenvalue weighted by atomic mass is 16.5. The lowest BCUT2D eigenvalue weighted by Gasteiger charge is -2.45. The van der Waals surface area contributed by atoms with Crippen LogP contribution in [0.2, 0.25) is 0 Å². The van der Waals surface area contributed by atoms with Gasteiger partial charge in [0.15, 0.2) is 23.4 Å². The van der Waals surface area contributed by atoms with Crippen molar-refractivity contribution in [2.75, 3.05) is 20.7 Å². The van der Waals surface area contributed by atoms with E-state index in [1.807, 2.05) is 19.2 Å². The summed E-state index contributed by atoms with van der Waals surface area (Å²) in [5.41, 5.74) is 0.641. The van der Waals surface area contributed by atoms with Crippen LogP contribution in [-0.2, 0) is 15.0 Å². The average Bonchev–Trinajstić information content (AvgIpc) is 2.86. The number of likely N-dealkylation sites (tertiary alicyclic amines) is 1. The Morgan fingerprint density at radius 2 is 2.25 bits per heavy atom. The fourth-order valence-electron chi connectivity index (χ4n) is 5.17. The van der Waals surface area contributed by atoms with E-state index in [9.17, 15) is 9.59 Å². The van der Waals surface area contributed by atoms with Gasteiger partial charge in [0.2, 0.25) is 0 Å². The first kappa shape index (κ1) is 15.6. The highest BCUT2D eigenvalue weighted by Gasteiger charge is 2.61. The molecule has 3 aliphatic rings. The molecular formula is C19H23NO4. The summed E-state index contributed by atoms with van der Waals surface area (Å²) in [6.07, 6.45) is 3.60. The summed E-state index contributed by atoms with van der Waals surface area (Å²) < 4.78 is 11.6. The van der Waals surface area contributed by atoms with Crippen LogP contribution in [0.1, 0.15) is 31.2 Å². The molecule has 4 unspecified atom stereocenters. The van der Waals surface area contributed by atoms with Crippen LogP contribution in [-0.4, -0.2) is 49.8 Å². The maximum Gasteiger partial charge on any atom is 0.174 e. The summed E-state index contributed by atoms with van der Waals surface area (Å²) in [5, 5.41) is 0. The smallest absolute Gasteiger partial charge is 0.174 e. The molecule has 4 rings (SSSR count). The molecular weight excluding hydrogens is 306 g/mol. The molecule has 2 heterocycles. The molecule has 4 atom stereocenters. The van der Waals surface area contributed by atoms with Crippen LogP contribution in [0.25, 0.3) is 0 Å². The number of carbonyl (C=O) groups excluding carboxylic acids is 2. The van der Waals surface area contributed by atoms with Gasteiger partial charge in [-0.2, -0.15) is 0 Å². The van der Waals surface area contributed by atoms with Crippen LogP contribution in [0.5, 0.6) is 11.5 Å². The SMILES string of the molecule is COc1cccc2c1OC1C(=O)CCC3C(C=O)N(C)CCCC213. The van der Waals surface area contributed by atoms with Crippen molar-refractivity contribution in [3.05, 3.63) is 23.8 Å². The number of ketones is 1. The Bertz CT molecular complexity index is 688. The van der Waals surface area contributed by atoms with E-state index in [2.05, 4.69) is 11.0 Å². The van der Waals surface area contributed by atoms with E-state index in [1.165, 1.54) is 0 Å². The summed E-state index contributed by atoms with van der Waals surface area (Å²) in [5.74, 6) is 1.61. The predicted octanol–water partition coefficient (Wildman–Crippen LogP) is 1.97. The summed E-state index contributed by atoms with van der Waals surface area (Å²) in [7, 11) is 3.62. The Hall–Kier alpha value is -1.88.